The van der Waals surface area contributed by atoms with Crippen molar-refractivity contribution in [1.82, 2.24) is 9.55 Å². The van der Waals surface area contributed by atoms with Crippen LogP contribution < -0.4 is 0 Å². The van der Waals surface area contributed by atoms with Crippen molar-refractivity contribution in [2.45, 2.75) is 31.5 Å². The first kappa shape index (κ1) is 14.1. The fraction of sp³-hybridized carbons (Fsp3) is 0.636. The molecule has 0 aromatic carbocycles. The number of nitrogens with zero attached hydrogens (tertiary/aromatic N) is 2. The van der Waals surface area contributed by atoms with Gasteiger partial charge in [-0.2, -0.15) is 0 Å². The molecule has 1 N–H and O–H groups in total. The Morgan fingerprint density at radius 2 is 2.35 bits per heavy atom. The zero-order chi connectivity index (χ0) is 12.7. The predicted molar refractivity (Wildman–Crippen MR) is 66.4 cm³/mol. The van der Waals surface area contributed by atoms with Gasteiger partial charge in [-0.15, -0.1) is 0 Å². The average molecular weight is 258 g/mol. The van der Waals surface area contributed by atoms with Crippen LogP contribution in [0.25, 0.3) is 0 Å². The molecule has 0 saturated carbocycles. The molecule has 1 aromatic heterocycles. The Balaban J connectivity index is 2.50. The maximum Gasteiger partial charge on any atom is 0.313 e. The zero-order valence-electron chi connectivity index (χ0n) is 10.2. The third-order valence-corrected chi connectivity index (χ3v) is 3.30. The lowest BCUT2D eigenvalue weighted by Crippen LogP contribution is -2.05. The minimum absolute atomic E-state index is 0.0501. The summed E-state index contributed by atoms with van der Waals surface area (Å²) in [5, 5.41) is 9.42. The molecule has 96 valence electrons. The van der Waals surface area contributed by atoms with Gasteiger partial charge in [0.2, 0.25) is 0 Å². The van der Waals surface area contributed by atoms with Gasteiger partial charge in [0.15, 0.2) is 5.16 Å². The summed E-state index contributed by atoms with van der Waals surface area (Å²) in [5.74, 6) is -0.768. The van der Waals surface area contributed by atoms with Crippen molar-refractivity contribution in [1.29, 1.82) is 0 Å². The lowest BCUT2D eigenvalue weighted by molar-refractivity contribution is -0.133. The van der Waals surface area contributed by atoms with E-state index in [9.17, 15) is 4.79 Å². The van der Waals surface area contributed by atoms with Crippen LogP contribution >= 0.6 is 11.8 Å². The van der Waals surface area contributed by atoms with Gasteiger partial charge in [0, 0.05) is 32.2 Å². The van der Waals surface area contributed by atoms with Crippen LogP contribution in [0.4, 0.5) is 0 Å². The van der Waals surface area contributed by atoms with Gasteiger partial charge in [-0.3, -0.25) is 4.79 Å². The standard InChI is InChI=1S/C11H18N2O3S/c1-9-7-12-11(17-8-10(14)15)13(9)5-3-4-6-16-2/h7H,3-6,8H2,1-2H3,(H,14,15). The molecule has 17 heavy (non-hydrogen) atoms. The minimum Gasteiger partial charge on any atom is -0.481 e. The van der Waals surface area contributed by atoms with E-state index in [-0.39, 0.29) is 5.75 Å². The number of imidazole rings is 1. The van der Waals surface area contributed by atoms with Crippen molar-refractivity contribution in [3.63, 3.8) is 0 Å². The summed E-state index contributed by atoms with van der Waals surface area (Å²) < 4.78 is 7.05. The maximum absolute atomic E-state index is 10.5. The Bertz CT molecular complexity index is 366. The van der Waals surface area contributed by atoms with Gasteiger partial charge in [0.25, 0.3) is 0 Å². The first-order valence-corrected chi connectivity index (χ1v) is 6.49. The van der Waals surface area contributed by atoms with E-state index in [1.807, 2.05) is 6.92 Å². The highest BCUT2D eigenvalue weighted by atomic mass is 32.2. The lowest BCUT2D eigenvalue weighted by Gasteiger charge is -2.08. The van der Waals surface area contributed by atoms with Gasteiger partial charge >= 0.3 is 5.97 Å². The second kappa shape index (κ2) is 7.34. The van der Waals surface area contributed by atoms with Crippen molar-refractivity contribution >= 4 is 17.7 Å². The summed E-state index contributed by atoms with van der Waals surface area (Å²) in [6.45, 7) is 3.59. The summed E-state index contributed by atoms with van der Waals surface area (Å²) in [7, 11) is 1.69. The van der Waals surface area contributed by atoms with E-state index in [4.69, 9.17) is 9.84 Å². The van der Waals surface area contributed by atoms with Crippen molar-refractivity contribution in [3.8, 4) is 0 Å². The van der Waals surface area contributed by atoms with E-state index in [1.54, 1.807) is 13.3 Å². The van der Waals surface area contributed by atoms with Crippen LogP contribution in [0, 0.1) is 6.92 Å². The molecule has 0 atom stereocenters. The number of aryl methyl sites for hydroxylation is 1. The Hall–Kier alpha value is -1.01. The first-order chi connectivity index (χ1) is 8.15. The third kappa shape index (κ3) is 4.79. The largest absolute Gasteiger partial charge is 0.481 e. The normalized spacial score (nSPS) is 10.7. The number of carboxylic acids is 1. The minimum atomic E-state index is -0.818. The van der Waals surface area contributed by atoms with Crippen LogP contribution in [0.5, 0.6) is 0 Å². The molecule has 0 radical (unpaired) electrons. The first-order valence-electron chi connectivity index (χ1n) is 5.50. The van der Waals surface area contributed by atoms with Crippen molar-refractivity contribution in [3.05, 3.63) is 11.9 Å². The Morgan fingerprint density at radius 1 is 1.59 bits per heavy atom. The second-order valence-electron chi connectivity index (χ2n) is 3.72. The molecule has 0 saturated heterocycles. The summed E-state index contributed by atoms with van der Waals surface area (Å²) in [6.07, 6.45) is 3.78. The zero-order valence-corrected chi connectivity index (χ0v) is 11.0. The van der Waals surface area contributed by atoms with Crippen LogP contribution in [-0.4, -0.2) is 40.1 Å². The van der Waals surface area contributed by atoms with Gasteiger partial charge in [0.05, 0.1) is 5.75 Å². The van der Waals surface area contributed by atoms with Gasteiger partial charge < -0.3 is 14.4 Å². The molecular weight excluding hydrogens is 240 g/mol. The summed E-state index contributed by atoms with van der Waals surface area (Å²) in [6, 6.07) is 0. The number of aromatic nitrogens is 2. The van der Waals surface area contributed by atoms with Gasteiger partial charge in [0.1, 0.15) is 0 Å². The molecule has 0 aliphatic rings. The van der Waals surface area contributed by atoms with Crippen LogP contribution in [0.1, 0.15) is 18.5 Å². The Kier molecular flexibility index (Phi) is 6.07. The predicted octanol–water partition coefficient (Wildman–Crippen LogP) is 1.79. The highest BCUT2D eigenvalue weighted by Crippen LogP contribution is 2.18. The summed E-state index contributed by atoms with van der Waals surface area (Å²) >= 11 is 1.26. The molecule has 0 unspecified atom stereocenters. The highest BCUT2D eigenvalue weighted by Gasteiger charge is 2.09. The summed E-state index contributed by atoms with van der Waals surface area (Å²) in [5.41, 5.74) is 1.07. The molecule has 0 aliphatic heterocycles. The summed E-state index contributed by atoms with van der Waals surface area (Å²) in [4.78, 5) is 14.7. The van der Waals surface area contributed by atoms with Gasteiger partial charge in [-0.1, -0.05) is 11.8 Å². The number of methoxy groups -OCH3 is 1. The van der Waals surface area contributed by atoms with E-state index in [0.29, 0.717) is 0 Å². The Labute approximate surface area is 105 Å². The van der Waals surface area contributed by atoms with Crippen LogP contribution in [-0.2, 0) is 16.1 Å². The van der Waals surface area contributed by atoms with E-state index in [1.165, 1.54) is 11.8 Å². The number of unbranched alkanes of at least 4 members (excludes halogenated alkanes) is 1. The van der Waals surface area contributed by atoms with E-state index < -0.39 is 5.97 Å². The SMILES string of the molecule is COCCCCn1c(C)cnc1SCC(=O)O. The quantitative estimate of drug-likeness (QED) is 0.569. The molecule has 0 spiro atoms. The number of carbonyl (C=O) groups is 1. The van der Waals surface area contributed by atoms with Crippen molar-refractivity contribution < 1.29 is 14.6 Å². The highest BCUT2D eigenvalue weighted by molar-refractivity contribution is 7.99. The van der Waals surface area contributed by atoms with E-state index in [2.05, 4.69) is 9.55 Å². The monoisotopic (exact) mass is 258 g/mol. The number of thioether (sulfide) groups is 1. The number of aliphatic carboxylic acids is 1. The fourth-order valence-corrected chi connectivity index (χ4v) is 2.24. The molecule has 1 heterocycles. The lowest BCUT2D eigenvalue weighted by atomic mass is 10.3. The molecule has 0 aliphatic carbocycles. The number of carboxylic acid groups (broad SMARTS) is 1. The van der Waals surface area contributed by atoms with Gasteiger partial charge in [-0.05, 0) is 19.8 Å². The molecule has 1 rings (SSSR count). The third-order valence-electron chi connectivity index (χ3n) is 2.32. The second-order valence-corrected chi connectivity index (χ2v) is 4.66. The van der Waals surface area contributed by atoms with Crippen LogP contribution in [0.15, 0.2) is 11.4 Å². The Morgan fingerprint density at radius 3 is 3.00 bits per heavy atom. The molecule has 5 nitrogen and oxygen atoms in total. The average Bonchev–Trinajstić information content (AvgIpc) is 2.63. The number of ether oxygens (including phenoxy) is 1. The molecular formula is C11H18N2O3S. The molecule has 1 aromatic rings. The van der Waals surface area contributed by atoms with E-state index >= 15 is 0 Å². The fourth-order valence-electron chi connectivity index (χ4n) is 1.47. The molecule has 0 bridgehead atoms. The molecule has 6 heteroatoms. The van der Waals surface area contributed by atoms with Crippen LogP contribution in [0.2, 0.25) is 0 Å². The molecule has 0 fully saturated rings. The topological polar surface area (TPSA) is 64.4 Å². The maximum atomic E-state index is 10.5. The smallest absolute Gasteiger partial charge is 0.313 e. The molecule has 0 amide bonds. The number of rotatable bonds is 8. The van der Waals surface area contributed by atoms with Gasteiger partial charge in [-0.25, -0.2) is 4.98 Å². The number of hydrogen-bond acceptors (Lipinski definition) is 4. The van der Waals surface area contributed by atoms with E-state index in [0.717, 1.165) is 36.8 Å². The van der Waals surface area contributed by atoms with Crippen LogP contribution in [0.3, 0.4) is 0 Å². The van der Waals surface area contributed by atoms with Crippen molar-refractivity contribution in [2.24, 2.45) is 0 Å². The number of hydrogen-bond donors (Lipinski definition) is 1. The van der Waals surface area contributed by atoms with Crippen molar-refractivity contribution in [2.75, 3.05) is 19.5 Å².